The monoisotopic (exact) mass is 553 g/mol. The Labute approximate surface area is 208 Å². The number of fused-ring (bicyclic) bond motifs is 1. The number of benzene rings is 2. The van der Waals surface area contributed by atoms with Crippen molar-refractivity contribution in [3.05, 3.63) is 30.3 Å². The number of nitrogens with two attached hydrogens (primary N) is 3. The highest BCUT2D eigenvalue weighted by Gasteiger charge is 2.34. The molecule has 0 bridgehead atoms. The number of nitrogen functional groups attached to an aromatic ring is 1. The molecule has 0 saturated heterocycles. The van der Waals surface area contributed by atoms with Crippen LogP contribution in [0, 0.1) is 0 Å². The molecule has 2 aromatic carbocycles. The van der Waals surface area contributed by atoms with E-state index in [1.807, 2.05) is 0 Å². The minimum Gasteiger partial charge on any atom is -0.447 e. The van der Waals surface area contributed by atoms with E-state index in [1.54, 1.807) is 18.2 Å². The SMILES string of the molecule is CC(NS(=O)(=O)c1ccc(-c2cccc3sc(N)nc23)c(-c2nn[nH]n2)c1S(N)(=O)=O)C(N)OC=O. The van der Waals surface area contributed by atoms with E-state index in [2.05, 4.69) is 35.1 Å². The van der Waals surface area contributed by atoms with Crippen molar-refractivity contribution in [3.63, 3.8) is 0 Å². The third-order valence-corrected chi connectivity index (χ3v) is 8.61. The molecule has 0 amide bonds. The van der Waals surface area contributed by atoms with Crippen molar-refractivity contribution in [1.29, 1.82) is 0 Å². The van der Waals surface area contributed by atoms with E-state index in [0.717, 1.165) is 6.07 Å². The van der Waals surface area contributed by atoms with Crippen LogP contribution in [-0.2, 0) is 29.6 Å². The number of primary sulfonamides is 1. The summed E-state index contributed by atoms with van der Waals surface area (Å²) in [5.41, 5.74) is 12.4. The summed E-state index contributed by atoms with van der Waals surface area (Å²) in [7, 11) is -9.31. The van der Waals surface area contributed by atoms with Crippen molar-refractivity contribution in [2.24, 2.45) is 10.9 Å². The Morgan fingerprint density at radius 2 is 1.92 bits per heavy atom. The number of nitrogens with zero attached hydrogens (tertiary/aromatic N) is 4. The molecule has 0 spiro atoms. The Morgan fingerprint density at radius 1 is 1.17 bits per heavy atom. The largest absolute Gasteiger partial charge is 0.447 e. The number of tetrazole rings is 1. The summed E-state index contributed by atoms with van der Waals surface area (Å²) in [5, 5.41) is 19.2. The Kier molecular flexibility index (Phi) is 6.73. The van der Waals surface area contributed by atoms with Gasteiger partial charge < -0.3 is 10.5 Å². The summed E-state index contributed by atoms with van der Waals surface area (Å²) in [5.74, 6) is -0.236. The van der Waals surface area contributed by atoms with Crippen molar-refractivity contribution in [2.75, 3.05) is 5.73 Å². The Balaban J connectivity index is 2.03. The maximum absolute atomic E-state index is 13.3. The van der Waals surface area contributed by atoms with E-state index in [9.17, 15) is 21.6 Å². The molecule has 0 aliphatic rings. The molecule has 0 aliphatic heterocycles. The van der Waals surface area contributed by atoms with Gasteiger partial charge in [-0.1, -0.05) is 29.5 Å². The van der Waals surface area contributed by atoms with Crippen LogP contribution < -0.4 is 21.3 Å². The second kappa shape index (κ2) is 9.48. The molecule has 2 unspecified atom stereocenters. The standard InChI is InChI=1S/C18H19N9O6S3/c1-8(16(19)33-7-28)25-36(31,32)12-6-5-9(10-3-2-4-11-14(10)22-18(20)34-11)13(15(12)35(21,29)30)17-23-26-27-24-17/h2-8,16,25H,19H2,1H3,(H2,20,22)(H2,21,29,30)(H,23,24,26,27). The quantitative estimate of drug-likeness (QED) is 0.130. The van der Waals surface area contributed by atoms with Gasteiger partial charge in [0.1, 0.15) is 9.79 Å². The lowest BCUT2D eigenvalue weighted by atomic mass is 9.98. The molecule has 190 valence electrons. The predicted molar refractivity (Wildman–Crippen MR) is 129 cm³/mol. The highest BCUT2D eigenvalue weighted by molar-refractivity contribution is 7.92. The molecule has 0 radical (unpaired) electrons. The maximum Gasteiger partial charge on any atom is 0.294 e. The van der Waals surface area contributed by atoms with Crippen LogP contribution in [0.2, 0.25) is 0 Å². The zero-order chi connectivity index (χ0) is 26.3. The van der Waals surface area contributed by atoms with E-state index in [0.29, 0.717) is 15.8 Å². The minimum absolute atomic E-state index is 0.0558. The van der Waals surface area contributed by atoms with Crippen LogP contribution in [0.15, 0.2) is 40.1 Å². The van der Waals surface area contributed by atoms with Crippen molar-refractivity contribution in [2.45, 2.75) is 29.0 Å². The zero-order valence-corrected chi connectivity index (χ0v) is 20.8. The molecule has 18 heteroatoms. The van der Waals surface area contributed by atoms with Gasteiger partial charge >= 0.3 is 0 Å². The molecule has 0 aliphatic carbocycles. The summed E-state index contributed by atoms with van der Waals surface area (Å²) >= 11 is 1.21. The smallest absolute Gasteiger partial charge is 0.294 e. The van der Waals surface area contributed by atoms with Crippen LogP contribution in [-0.4, -0.2) is 61.2 Å². The summed E-state index contributed by atoms with van der Waals surface area (Å²) < 4.78 is 59.7. The van der Waals surface area contributed by atoms with Gasteiger partial charge in [0.2, 0.25) is 25.9 Å². The third kappa shape index (κ3) is 4.76. The number of anilines is 1. The van der Waals surface area contributed by atoms with E-state index < -0.39 is 42.1 Å². The number of sulfonamides is 2. The number of ether oxygens (including phenoxy) is 1. The third-order valence-electron chi connectivity index (χ3n) is 5.04. The van der Waals surface area contributed by atoms with Gasteiger partial charge in [0.05, 0.1) is 21.8 Å². The second-order valence-electron chi connectivity index (χ2n) is 7.41. The molecule has 15 nitrogen and oxygen atoms in total. The lowest BCUT2D eigenvalue weighted by molar-refractivity contribution is -0.134. The highest BCUT2D eigenvalue weighted by atomic mass is 32.2. The molecular formula is C18H19N9O6S3. The van der Waals surface area contributed by atoms with E-state index in [-0.39, 0.29) is 28.6 Å². The Hall–Kier alpha value is -3.55. The lowest BCUT2D eigenvalue weighted by Gasteiger charge is -2.21. The zero-order valence-electron chi connectivity index (χ0n) is 18.3. The van der Waals surface area contributed by atoms with E-state index in [1.165, 1.54) is 24.3 Å². The van der Waals surface area contributed by atoms with Crippen LogP contribution in [0.25, 0.3) is 32.7 Å². The lowest BCUT2D eigenvalue weighted by Crippen LogP contribution is -2.47. The van der Waals surface area contributed by atoms with Crippen LogP contribution in [0.5, 0.6) is 0 Å². The molecule has 0 fully saturated rings. The average Bonchev–Trinajstić information content (AvgIpc) is 3.46. The summed E-state index contributed by atoms with van der Waals surface area (Å²) in [6.07, 6.45) is -1.35. The molecular weight excluding hydrogens is 534 g/mol. The first-order valence-corrected chi connectivity index (χ1v) is 13.7. The van der Waals surface area contributed by atoms with Crippen molar-refractivity contribution in [3.8, 4) is 22.5 Å². The van der Waals surface area contributed by atoms with Gasteiger partial charge in [-0.05, 0) is 29.8 Å². The first-order chi connectivity index (χ1) is 16.9. The number of thiazole rings is 1. The summed E-state index contributed by atoms with van der Waals surface area (Å²) in [4.78, 5) is 13.4. The molecule has 36 heavy (non-hydrogen) atoms. The molecule has 4 rings (SSSR count). The number of hydrogen-bond acceptors (Lipinski definition) is 13. The highest BCUT2D eigenvalue weighted by Crippen LogP contribution is 2.41. The van der Waals surface area contributed by atoms with Gasteiger partial charge in [-0.15, -0.1) is 10.2 Å². The fraction of sp³-hybridized carbons (Fsp3) is 0.167. The fourth-order valence-corrected chi connectivity index (χ4v) is 7.13. The van der Waals surface area contributed by atoms with Gasteiger partial charge in [0.15, 0.2) is 11.4 Å². The number of aromatic nitrogens is 5. The van der Waals surface area contributed by atoms with E-state index >= 15 is 0 Å². The molecule has 0 saturated carbocycles. The predicted octanol–water partition coefficient (Wildman–Crippen LogP) is -0.502. The van der Waals surface area contributed by atoms with E-state index in [4.69, 9.17) is 16.6 Å². The van der Waals surface area contributed by atoms with Gasteiger partial charge in [0, 0.05) is 5.56 Å². The van der Waals surface area contributed by atoms with Crippen LogP contribution >= 0.6 is 11.3 Å². The van der Waals surface area contributed by atoms with Crippen molar-refractivity contribution >= 4 is 53.2 Å². The summed E-state index contributed by atoms with van der Waals surface area (Å²) in [6, 6.07) is 6.43. The number of nitrogens with one attached hydrogen (secondary N) is 2. The van der Waals surface area contributed by atoms with Crippen LogP contribution in [0.4, 0.5) is 5.13 Å². The molecule has 2 atom stereocenters. The van der Waals surface area contributed by atoms with Gasteiger partial charge in [-0.3, -0.25) is 10.5 Å². The second-order valence-corrected chi connectivity index (χ2v) is 11.7. The average molecular weight is 554 g/mol. The molecule has 4 aromatic rings. The number of carbonyl (C=O) groups is 1. The van der Waals surface area contributed by atoms with Crippen molar-refractivity contribution in [1.82, 2.24) is 30.3 Å². The minimum atomic E-state index is -4.72. The summed E-state index contributed by atoms with van der Waals surface area (Å²) in [6.45, 7) is 1.38. The van der Waals surface area contributed by atoms with Crippen molar-refractivity contribution < 1.29 is 26.4 Å². The molecule has 8 N–H and O–H groups in total. The maximum atomic E-state index is 13.3. The normalized spacial score (nSPS) is 14.0. The van der Waals surface area contributed by atoms with Gasteiger partial charge in [-0.25, -0.2) is 31.7 Å². The molecule has 2 aromatic heterocycles. The number of carbonyl (C=O) groups excluding carboxylic acids is 1. The number of H-pyrrole nitrogens is 1. The van der Waals surface area contributed by atoms with Crippen LogP contribution in [0.1, 0.15) is 6.92 Å². The number of aromatic amines is 1. The molecule has 2 heterocycles. The van der Waals surface area contributed by atoms with Gasteiger partial charge in [-0.2, -0.15) is 5.21 Å². The number of para-hydroxylation sites is 1. The first kappa shape index (κ1) is 25.5. The fourth-order valence-electron chi connectivity index (χ4n) is 3.51. The number of hydrogen-bond donors (Lipinski definition) is 5. The Bertz CT molecular complexity index is 1650. The first-order valence-electron chi connectivity index (χ1n) is 9.90. The number of rotatable bonds is 9. The van der Waals surface area contributed by atoms with Crippen LogP contribution in [0.3, 0.4) is 0 Å². The van der Waals surface area contributed by atoms with Gasteiger partial charge in [0.25, 0.3) is 6.47 Å². The topological polar surface area (TPSA) is 252 Å². The Morgan fingerprint density at radius 3 is 2.56 bits per heavy atom.